The standard InChI is InChI=1S/C22H19N5O2/c1-16-6-8-18(9-7-16)23-21(28)15-26-12-10-17(11-13-26)14-27-22(29)19-4-2-3-5-20(19)24-25-27/h2-13H,14-15H2,1H3/p+1. The van der Waals surface area contributed by atoms with Gasteiger partial charge in [0.2, 0.25) is 6.54 Å². The zero-order chi connectivity index (χ0) is 20.2. The second-order valence-electron chi connectivity index (χ2n) is 6.86. The normalized spacial score (nSPS) is 10.8. The molecular formula is C22H20N5O2+. The number of fused-ring (bicyclic) bond motifs is 1. The summed E-state index contributed by atoms with van der Waals surface area (Å²) in [5.41, 5.74) is 3.21. The van der Waals surface area contributed by atoms with Crippen LogP contribution in [0.1, 0.15) is 11.1 Å². The zero-order valence-corrected chi connectivity index (χ0v) is 15.9. The number of nitrogens with zero attached hydrogens (tertiary/aromatic N) is 4. The average Bonchev–Trinajstić information content (AvgIpc) is 2.73. The number of carbonyl (C=O) groups is 1. The minimum atomic E-state index is -0.176. The molecule has 0 bridgehead atoms. The molecule has 0 radical (unpaired) electrons. The maximum Gasteiger partial charge on any atom is 0.290 e. The lowest BCUT2D eigenvalue weighted by molar-refractivity contribution is -0.684. The number of pyridine rings is 1. The number of carbonyl (C=O) groups excluding carboxylic acids is 1. The van der Waals surface area contributed by atoms with Crippen molar-refractivity contribution in [3.63, 3.8) is 0 Å². The van der Waals surface area contributed by atoms with Crippen LogP contribution in [0.5, 0.6) is 0 Å². The molecule has 0 spiro atoms. The van der Waals surface area contributed by atoms with Crippen LogP contribution in [-0.4, -0.2) is 20.9 Å². The summed E-state index contributed by atoms with van der Waals surface area (Å²) in [5, 5.41) is 11.5. The fourth-order valence-electron chi connectivity index (χ4n) is 3.00. The quantitative estimate of drug-likeness (QED) is 0.533. The summed E-state index contributed by atoms with van der Waals surface area (Å²) < 4.78 is 3.12. The summed E-state index contributed by atoms with van der Waals surface area (Å²) >= 11 is 0. The van der Waals surface area contributed by atoms with Crippen LogP contribution in [0.25, 0.3) is 10.9 Å². The Hall–Kier alpha value is -3.87. The lowest BCUT2D eigenvalue weighted by Gasteiger charge is -2.05. The molecule has 29 heavy (non-hydrogen) atoms. The van der Waals surface area contributed by atoms with E-state index in [4.69, 9.17) is 0 Å². The molecule has 7 nitrogen and oxygen atoms in total. The van der Waals surface area contributed by atoms with Crippen molar-refractivity contribution in [1.82, 2.24) is 15.0 Å². The third-order valence-corrected chi connectivity index (χ3v) is 4.58. The van der Waals surface area contributed by atoms with E-state index in [0.717, 1.165) is 16.8 Å². The fraction of sp³-hybridized carbons (Fsp3) is 0.136. The van der Waals surface area contributed by atoms with Crippen LogP contribution in [0.15, 0.2) is 77.9 Å². The van der Waals surface area contributed by atoms with E-state index in [2.05, 4.69) is 15.6 Å². The van der Waals surface area contributed by atoms with Crippen LogP contribution >= 0.6 is 0 Å². The molecule has 0 atom stereocenters. The Morgan fingerprint density at radius 2 is 1.76 bits per heavy atom. The van der Waals surface area contributed by atoms with Gasteiger partial charge in [0.1, 0.15) is 5.52 Å². The van der Waals surface area contributed by atoms with E-state index in [1.165, 1.54) is 4.68 Å². The summed E-state index contributed by atoms with van der Waals surface area (Å²) in [4.78, 5) is 24.8. The van der Waals surface area contributed by atoms with E-state index in [-0.39, 0.29) is 18.0 Å². The summed E-state index contributed by atoms with van der Waals surface area (Å²) in [6.45, 7) is 2.51. The maximum atomic E-state index is 12.5. The number of nitrogens with one attached hydrogen (secondary N) is 1. The first-order valence-electron chi connectivity index (χ1n) is 9.25. The first-order chi connectivity index (χ1) is 14.1. The molecule has 0 fully saturated rings. The molecule has 4 aromatic rings. The lowest BCUT2D eigenvalue weighted by atomic mass is 10.2. The molecule has 0 unspecified atom stereocenters. The van der Waals surface area contributed by atoms with Gasteiger partial charge in [-0.25, -0.2) is 4.68 Å². The Morgan fingerprint density at radius 3 is 2.52 bits per heavy atom. The number of anilines is 1. The molecule has 0 aliphatic rings. The molecule has 2 aromatic carbocycles. The molecular weight excluding hydrogens is 366 g/mol. The fourth-order valence-corrected chi connectivity index (χ4v) is 3.00. The second kappa shape index (κ2) is 8.02. The molecule has 0 aliphatic heterocycles. The first-order valence-corrected chi connectivity index (χ1v) is 9.25. The molecule has 2 aromatic heterocycles. The van der Waals surface area contributed by atoms with Gasteiger partial charge in [-0.1, -0.05) is 35.0 Å². The van der Waals surface area contributed by atoms with Crippen molar-refractivity contribution >= 4 is 22.5 Å². The van der Waals surface area contributed by atoms with Crippen molar-refractivity contribution < 1.29 is 9.36 Å². The van der Waals surface area contributed by atoms with Gasteiger partial charge in [0, 0.05) is 17.8 Å². The van der Waals surface area contributed by atoms with Crippen molar-refractivity contribution in [2.24, 2.45) is 0 Å². The Labute approximate surface area is 167 Å². The molecule has 1 amide bonds. The van der Waals surface area contributed by atoms with E-state index in [1.54, 1.807) is 16.7 Å². The summed E-state index contributed by atoms with van der Waals surface area (Å²) in [5.74, 6) is -0.108. The molecule has 0 saturated heterocycles. The lowest BCUT2D eigenvalue weighted by Crippen LogP contribution is -2.39. The van der Waals surface area contributed by atoms with E-state index < -0.39 is 0 Å². The molecule has 0 aliphatic carbocycles. The summed E-state index contributed by atoms with van der Waals surface area (Å²) in [6.07, 6.45) is 3.62. The highest BCUT2D eigenvalue weighted by molar-refractivity contribution is 5.89. The number of hydrogen-bond donors (Lipinski definition) is 1. The number of benzene rings is 2. The van der Waals surface area contributed by atoms with Crippen LogP contribution in [0.3, 0.4) is 0 Å². The van der Waals surface area contributed by atoms with Crippen molar-refractivity contribution in [3.8, 4) is 0 Å². The van der Waals surface area contributed by atoms with Gasteiger partial charge in [0.05, 0.1) is 11.9 Å². The van der Waals surface area contributed by atoms with Gasteiger partial charge in [0.15, 0.2) is 12.4 Å². The Kier molecular flexibility index (Phi) is 5.11. The molecule has 1 N–H and O–H groups in total. The molecule has 2 heterocycles. The SMILES string of the molecule is Cc1ccc(NC(=O)C[n+]2ccc(Cn3nnc4ccccc4c3=O)cc2)cc1. The molecule has 144 valence electrons. The van der Waals surface area contributed by atoms with Gasteiger partial charge in [0.25, 0.3) is 11.5 Å². The Bertz CT molecular complexity index is 1210. The van der Waals surface area contributed by atoms with Gasteiger partial charge in [-0.2, -0.15) is 4.57 Å². The largest absolute Gasteiger partial charge is 0.321 e. The van der Waals surface area contributed by atoms with E-state index in [0.29, 0.717) is 17.4 Å². The highest BCUT2D eigenvalue weighted by atomic mass is 16.2. The number of aromatic nitrogens is 4. The average molecular weight is 386 g/mol. The predicted molar refractivity (Wildman–Crippen MR) is 109 cm³/mol. The van der Waals surface area contributed by atoms with Crippen molar-refractivity contribution in [1.29, 1.82) is 0 Å². The Balaban J connectivity index is 1.43. The zero-order valence-electron chi connectivity index (χ0n) is 15.9. The second-order valence-corrected chi connectivity index (χ2v) is 6.86. The topological polar surface area (TPSA) is 80.8 Å². The number of rotatable bonds is 5. The minimum absolute atomic E-state index is 0.108. The van der Waals surface area contributed by atoms with Gasteiger partial charge < -0.3 is 5.32 Å². The molecule has 7 heteroatoms. The van der Waals surface area contributed by atoms with Crippen LogP contribution in [0.2, 0.25) is 0 Å². The third-order valence-electron chi connectivity index (χ3n) is 4.58. The smallest absolute Gasteiger partial charge is 0.290 e. The number of aryl methyl sites for hydroxylation is 1. The Morgan fingerprint density at radius 1 is 1.03 bits per heavy atom. The van der Waals surface area contributed by atoms with Crippen molar-refractivity contribution in [3.05, 3.63) is 94.5 Å². The van der Waals surface area contributed by atoms with Crippen LogP contribution in [0.4, 0.5) is 5.69 Å². The van der Waals surface area contributed by atoms with Crippen LogP contribution in [0, 0.1) is 6.92 Å². The van der Waals surface area contributed by atoms with Gasteiger partial charge in [-0.15, -0.1) is 5.10 Å². The molecule has 0 saturated carbocycles. The van der Waals surface area contributed by atoms with Gasteiger partial charge in [-0.3, -0.25) is 9.59 Å². The minimum Gasteiger partial charge on any atom is -0.321 e. The summed E-state index contributed by atoms with van der Waals surface area (Å²) in [6, 6.07) is 18.5. The first kappa shape index (κ1) is 18.5. The van der Waals surface area contributed by atoms with Crippen LogP contribution in [-0.2, 0) is 17.9 Å². The summed E-state index contributed by atoms with van der Waals surface area (Å²) in [7, 11) is 0. The van der Waals surface area contributed by atoms with E-state index >= 15 is 0 Å². The predicted octanol–water partition coefficient (Wildman–Crippen LogP) is 2.07. The molecule has 4 rings (SSSR count). The maximum absolute atomic E-state index is 12.5. The van der Waals surface area contributed by atoms with Gasteiger partial charge in [-0.05, 0) is 36.8 Å². The highest BCUT2D eigenvalue weighted by Gasteiger charge is 2.11. The van der Waals surface area contributed by atoms with Crippen molar-refractivity contribution in [2.75, 3.05) is 5.32 Å². The number of hydrogen-bond acceptors (Lipinski definition) is 4. The highest BCUT2D eigenvalue weighted by Crippen LogP contribution is 2.08. The van der Waals surface area contributed by atoms with Gasteiger partial charge >= 0.3 is 0 Å². The number of amides is 1. The van der Waals surface area contributed by atoms with Crippen molar-refractivity contribution in [2.45, 2.75) is 20.0 Å². The third kappa shape index (κ3) is 4.35. The van der Waals surface area contributed by atoms with E-state index in [9.17, 15) is 9.59 Å². The monoisotopic (exact) mass is 386 g/mol. The van der Waals surface area contributed by atoms with E-state index in [1.807, 2.05) is 67.8 Å². The van der Waals surface area contributed by atoms with Crippen LogP contribution < -0.4 is 15.4 Å².